The number of rotatable bonds is 12. The molecule has 0 aliphatic carbocycles. The van der Waals surface area contributed by atoms with Crippen molar-refractivity contribution in [2.24, 2.45) is 5.92 Å². The summed E-state index contributed by atoms with van der Waals surface area (Å²) in [5, 5.41) is 0. The average molecular weight is 278 g/mol. The summed E-state index contributed by atoms with van der Waals surface area (Å²) in [6.07, 6.45) is 10.9. The van der Waals surface area contributed by atoms with Crippen molar-refractivity contribution in [1.29, 1.82) is 0 Å². The molecule has 0 heterocycles. The molecule has 1 unspecified atom stereocenters. The lowest BCUT2D eigenvalue weighted by molar-refractivity contribution is 0.138. The second kappa shape index (κ2) is 12.3. The van der Waals surface area contributed by atoms with Crippen LogP contribution in [0, 0.1) is 5.92 Å². The molecule has 4 heteroatoms. The first kappa shape index (κ1) is 18.3. The molecule has 110 valence electrons. The molecule has 0 aliphatic heterocycles. The van der Waals surface area contributed by atoms with Gasteiger partial charge in [-0.2, -0.15) is 0 Å². The summed E-state index contributed by atoms with van der Waals surface area (Å²) in [5.74, 6) is 0.537. The summed E-state index contributed by atoms with van der Waals surface area (Å²) in [6.45, 7) is 6.51. The van der Waals surface area contributed by atoms with E-state index in [2.05, 4.69) is 20.8 Å². The molecule has 0 aromatic rings. The van der Waals surface area contributed by atoms with E-state index in [-0.39, 0.29) is 6.10 Å². The standard InChI is InChI=1S/C14H31O3P/c1-4-5-6-7-8-9-10-11-14(12-13(2)3)17-18(15)16/h13-16H,4-12H2,1-3H3. The largest absolute Gasteiger partial charge is 0.328 e. The fourth-order valence-corrected chi connectivity index (χ4v) is 2.66. The lowest BCUT2D eigenvalue weighted by atomic mass is 10.0. The molecule has 0 fully saturated rings. The van der Waals surface area contributed by atoms with Crippen LogP contribution in [0.4, 0.5) is 0 Å². The topological polar surface area (TPSA) is 49.7 Å². The molecule has 0 rings (SSSR count). The van der Waals surface area contributed by atoms with Crippen molar-refractivity contribution in [3.05, 3.63) is 0 Å². The molecule has 0 saturated carbocycles. The first-order chi connectivity index (χ1) is 8.56. The van der Waals surface area contributed by atoms with Gasteiger partial charge in [0.2, 0.25) is 0 Å². The molecule has 0 aromatic carbocycles. The zero-order chi connectivity index (χ0) is 13.8. The van der Waals surface area contributed by atoms with Gasteiger partial charge in [-0.05, 0) is 18.8 Å². The van der Waals surface area contributed by atoms with E-state index < -0.39 is 8.60 Å². The van der Waals surface area contributed by atoms with Gasteiger partial charge < -0.3 is 14.3 Å². The Morgan fingerprint density at radius 3 is 2.00 bits per heavy atom. The Bertz CT molecular complexity index is 164. The Balaban J connectivity index is 3.56. The maximum absolute atomic E-state index is 8.93. The van der Waals surface area contributed by atoms with Crippen LogP contribution in [0.3, 0.4) is 0 Å². The lowest BCUT2D eigenvalue weighted by Crippen LogP contribution is -2.13. The SMILES string of the molecule is CCCCCCCCCC(CC(C)C)OP(O)O. The predicted molar refractivity (Wildman–Crippen MR) is 78.3 cm³/mol. The van der Waals surface area contributed by atoms with Gasteiger partial charge in [-0.15, -0.1) is 0 Å². The summed E-state index contributed by atoms with van der Waals surface area (Å²) in [7, 11) is -2.20. The average Bonchev–Trinajstić information content (AvgIpc) is 2.26. The van der Waals surface area contributed by atoms with Crippen molar-refractivity contribution in [3.8, 4) is 0 Å². The smallest absolute Gasteiger partial charge is 0.327 e. The van der Waals surface area contributed by atoms with E-state index in [1.54, 1.807) is 0 Å². The summed E-state index contributed by atoms with van der Waals surface area (Å²) in [5.41, 5.74) is 0. The second-order valence-electron chi connectivity index (χ2n) is 5.52. The van der Waals surface area contributed by atoms with E-state index in [4.69, 9.17) is 14.3 Å². The first-order valence-electron chi connectivity index (χ1n) is 7.40. The predicted octanol–water partition coefficient (Wildman–Crippen LogP) is 4.77. The minimum absolute atomic E-state index is 0.0155. The normalized spacial score (nSPS) is 13.5. The van der Waals surface area contributed by atoms with Crippen LogP contribution in [-0.4, -0.2) is 15.9 Å². The second-order valence-corrected chi connectivity index (χ2v) is 6.24. The van der Waals surface area contributed by atoms with Crippen molar-refractivity contribution in [2.75, 3.05) is 0 Å². The Morgan fingerprint density at radius 1 is 0.944 bits per heavy atom. The monoisotopic (exact) mass is 278 g/mol. The Labute approximate surface area is 114 Å². The van der Waals surface area contributed by atoms with Crippen molar-refractivity contribution in [1.82, 2.24) is 0 Å². The molecule has 18 heavy (non-hydrogen) atoms. The molecule has 0 radical (unpaired) electrons. The molecule has 2 N–H and O–H groups in total. The zero-order valence-corrected chi connectivity index (χ0v) is 13.2. The molecule has 1 atom stereocenters. The fraction of sp³-hybridized carbons (Fsp3) is 1.00. The highest BCUT2D eigenvalue weighted by atomic mass is 31.2. The molecule has 0 aliphatic rings. The van der Waals surface area contributed by atoms with E-state index in [0.717, 1.165) is 19.3 Å². The molecule has 0 bridgehead atoms. The maximum Gasteiger partial charge on any atom is 0.327 e. The number of hydrogen-bond acceptors (Lipinski definition) is 3. The van der Waals surface area contributed by atoms with Gasteiger partial charge in [0.25, 0.3) is 0 Å². The van der Waals surface area contributed by atoms with Crippen LogP contribution in [0.15, 0.2) is 0 Å². The van der Waals surface area contributed by atoms with Crippen LogP contribution >= 0.6 is 8.60 Å². The molecule has 0 aromatic heterocycles. The third kappa shape index (κ3) is 12.8. The van der Waals surface area contributed by atoms with Crippen LogP contribution < -0.4 is 0 Å². The summed E-state index contributed by atoms with van der Waals surface area (Å²) in [6, 6.07) is 0. The summed E-state index contributed by atoms with van der Waals surface area (Å²) < 4.78 is 5.18. The van der Waals surface area contributed by atoms with Crippen molar-refractivity contribution in [2.45, 2.75) is 84.7 Å². The fourth-order valence-electron chi connectivity index (χ4n) is 2.20. The van der Waals surface area contributed by atoms with Gasteiger partial charge in [0.1, 0.15) is 0 Å². The van der Waals surface area contributed by atoms with Crippen LogP contribution in [0.5, 0.6) is 0 Å². The minimum atomic E-state index is -2.20. The van der Waals surface area contributed by atoms with E-state index >= 15 is 0 Å². The van der Waals surface area contributed by atoms with Gasteiger partial charge in [0.15, 0.2) is 0 Å². The molecular formula is C14H31O3P. The molecule has 0 spiro atoms. The number of hydrogen-bond donors (Lipinski definition) is 2. The quantitative estimate of drug-likeness (QED) is 0.399. The highest BCUT2D eigenvalue weighted by Gasteiger charge is 2.15. The Kier molecular flexibility index (Phi) is 12.6. The van der Waals surface area contributed by atoms with E-state index in [1.165, 1.54) is 38.5 Å². The molecule has 0 amide bonds. The Morgan fingerprint density at radius 2 is 1.50 bits per heavy atom. The minimum Gasteiger partial charge on any atom is -0.328 e. The van der Waals surface area contributed by atoms with Crippen molar-refractivity contribution >= 4 is 8.60 Å². The van der Waals surface area contributed by atoms with Crippen LogP contribution in [0.1, 0.15) is 78.6 Å². The first-order valence-corrected chi connectivity index (χ1v) is 8.57. The zero-order valence-electron chi connectivity index (χ0n) is 12.3. The van der Waals surface area contributed by atoms with Gasteiger partial charge >= 0.3 is 8.60 Å². The molecule has 0 saturated heterocycles. The van der Waals surface area contributed by atoms with Crippen molar-refractivity contribution < 1.29 is 14.3 Å². The molecular weight excluding hydrogens is 247 g/mol. The van der Waals surface area contributed by atoms with Gasteiger partial charge in [0.05, 0.1) is 6.10 Å². The highest BCUT2D eigenvalue weighted by Crippen LogP contribution is 2.31. The summed E-state index contributed by atoms with van der Waals surface area (Å²) >= 11 is 0. The van der Waals surface area contributed by atoms with Gasteiger partial charge in [0, 0.05) is 0 Å². The third-order valence-electron chi connectivity index (χ3n) is 3.11. The number of unbranched alkanes of at least 4 members (excludes halogenated alkanes) is 6. The lowest BCUT2D eigenvalue weighted by Gasteiger charge is -2.19. The third-order valence-corrected chi connectivity index (χ3v) is 3.59. The van der Waals surface area contributed by atoms with Gasteiger partial charge in [-0.3, -0.25) is 0 Å². The van der Waals surface area contributed by atoms with E-state index in [0.29, 0.717) is 5.92 Å². The Hall–Kier alpha value is 0.310. The van der Waals surface area contributed by atoms with Gasteiger partial charge in [-0.25, -0.2) is 0 Å². The van der Waals surface area contributed by atoms with Gasteiger partial charge in [-0.1, -0.05) is 65.7 Å². The van der Waals surface area contributed by atoms with Crippen molar-refractivity contribution in [3.63, 3.8) is 0 Å². The highest BCUT2D eigenvalue weighted by molar-refractivity contribution is 7.39. The maximum atomic E-state index is 8.93. The van der Waals surface area contributed by atoms with Crippen LogP contribution in [0.2, 0.25) is 0 Å². The van der Waals surface area contributed by atoms with E-state index in [1.807, 2.05) is 0 Å². The molecule has 3 nitrogen and oxygen atoms in total. The van der Waals surface area contributed by atoms with E-state index in [9.17, 15) is 0 Å². The van der Waals surface area contributed by atoms with Crippen LogP contribution in [0.25, 0.3) is 0 Å². The summed E-state index contributed by atoms with van der Waals surface area (Å²) in [4.78, 5) is 17.9. The van der Waals surface area contributed by atoms with Crippen LogP contribution in [-0.2, 0) is 4.52 Å².